The van der Waals surface area contributed by atoms with Gasteiger partial charge in [-0.15, -0.1) is 0 Å². The van der Waals surface area contributed by atoms with Crippen LogP contribution in [0.5, 0.6) is 0 Å². The van der Waals surface area contributed by atoms with E-state index >= 15 is 0 Å². The Balaban J connectivity index is 1.75. The molecule has 4 rings (SSSR count). The van der Waals surface area contributed by atoms with Crippen LogP contribution in [0.2, 0.25) is 22.2 Å². The van der Waals surface area contributed by atoms with Crippen molar-refractivity contribution in [1.82, 2.24) is 0 Å². The largest absolute Gasteiger partial charge is 0.414 e. The van der Waals surface area contributed by atoms with Gasteiger partial charge in [-0.3, -0.25) is 0 Å². The zero-order valence-electron chi connectivity index (χ0n) is 24.0. The monoisotopic (exact) mass is 548 g/mol. The van der Waals surface area contributed by atoms with Crippen molar-refractivity contribution in [2.45, 2.75) is 121 Å². The van der Waals surface area contributed by atoms with E-state index in [0.29, 0.717) is 30.9 Å². The molecule has 6 nitrogen and oxygen atoms in total. The molecule has 0 N–H and O–H groups in total. The fourth-order valence-electron chi connectivity index (χ4n) is 6.22. The van der Waals surface area contributed by atoms with E-state index in [4.69, 9.17) is 27.2 Å². The van der Waals surface area contributed by atoms with E-state index in [1.165, 1.54) is 0 Å². The highest BCUT2D eigenvalue weighted by Gasteiger charge is 2.61. The lowest BCUT2D eigenvalue weighted by molar-refractivity contribution is -0.251. The molecule has 208 valence electrons. The number of ether oxygens (including phenoxy) is 3. The Labute approximate surface area is 226 Å². The highest BCUT2D eigenvalue weighted by molar-refractivity contribution is 6.83. The third-order valence-corrected chi connectivity index (χ3v) is 18.5. The van der Waals surface area contributed by atoms with Gasteiger partial charge in [-0.05, 0) is 34.1 Å². The van der Waals surface area contributed by atoms with Gasteiger partial charge in [0.05, 0.1) is 25.9 Å². The van der Waals surface area contributed by atoms with Gasteiger partial charge < -0.3 is 27.2 Å². The van der Waals surface area contributed by atoms with Gasteiger partial charge >= 0.3 is 17.1 Å². The van der Waals surface area contributed by atoms with Crippen LogP contribution in [-0.4, -0.2) is 60.9 Å². The molecule has 2 fully saturated rings. The first-order chi connectivity index (χ1) is 17.6. The second-order valence-corrected chi connectivity index (χ2v) is 20.9. The molecule has 1 aromatic rings. The van der Waals surface area contributed by atoms with Crippen LogP contribution in [0.25, 0.3) is 0 Å². The minimum absolute atomic E-state index is 0.100. The summed E-state index contributed by atoms with van der Waals surface area (Å²) in [6.45, 7) is 19.5. The van der Waals surface area contributed by atoms with E-state index < -0.39 is 17.1 Å². The van der Waals surface area contributed by atoms with Crippen molar-refractivity contribution in [3.05, 3.63) is 48.0 Å². The molecule has 0 bridgehead atoms. The summed E-state index contributed by atoms with van der Waals surface area (Å²) in [7, 11) is -5.44. The van der Waals surface area contributed by atoms with Crippen molar-refractivity contribution in [2.24, 2.45) is 0 Å². The lowest BCUT2D eigenvalue weighted by Gasteiger charge is -2.55. The Bertz CT molecular complexity index is 874. The maximum absolute atomic E-state index is 7.40. The average molecular weight is 549 g/mol. The normalized spacial score (nSPS) is 31.6. The Hall–Kier alpha value is -0.846. The maximum Gasteiger partial charge on any atom is 0.335 e. The van der Waals surface area contributed by atoms with Crippen molar-refractivity contribution in [2.75, 3.05) is 13.2 Å². The first-order valence-electron chi connectivity index (χ1n) is 14.2. The zero-order chi connectivity index (χ0) is 26.8. The van der Waals surface area contributed by atoms with Crippen molar-refractivity contribution < 1.29 is 27.2 Å². The van der Waals surface area contributed by atoms with Crippen LogP contribution in [0.3, 0.4) is 0 Å². The van der Waals surface area contributed by atoms with Gasteiger partial charge in [0.25, 0.3) is 0 Å². The molecule has 3 heterocycles. The highest BCUT2D eigenvalue weighted by atomic mass is 28.5. The van der Waals surface area contributed by atoms with Crippen LogP contribution in [0.1, 0.15) is 67.4 Å². The highest BCUT2D eigenvalue weighted by Crippen LogP contribution is 2.48. The summed E-state index contributed by atoms with van der Waals surface area (Å²) in [6.07, 6.45) is 3.86. The summed E-state index contributed by atoms with van der Waals surface area (Å²) in [5.74, 6) is 0. The molecule has 0 spiro atoms. The first kappa shape index (κ1) is 29.1. The fourth-order valence-corrected chi connectivity index (χ4v) is 17.4. The second kappa shape index (κ2) is 12.1. The van der Waals surface area contributed by atoms with Crippen LogP contribution in [-0.2, 0) is 33.8 Å². The average Bonchev–Trinajstić information content (AvgIpc) is 3.08. The maximum atomic E-state index is 7.40. The summed E-state index contributed by atoms with van der Waals surface area (Å²) in [5, 5.41) is 0. The molecule has 2 saturated heterocycles. The standard InChI is InChI=1S/C29H48O6Si2/c1-20(2)36(21(3)4)32-19-26-28(34-37(35-36,22(5)6)23(7)8)29(31-18-24-14-10-9-11-15-24)27-25(33-26)16-12-13-17-30-27/h9-15,20-23,25-29H,16-19H2,1-8H3/t25-,26+,27-,28+,29+/m0/s1. The minimum atomic E-state index is -2.80. The second-order valence-electron chi connectivity index (χ2n) is 12.0. The quantitative estimate of drug-likeness (QED) is 0.281. The Morgan fingerprint density at radius 1 is 0.811 bits per heavy atom. The van der Waals surface area contributed by atoms with Crippen LogP contribution in [0, 0.1) is 0 Å². The van der Waals surface area contributed by atoms with Crippen molar-refractivity contribution in [3.8, 4) is 0 Å². The Morgan fingerprint density at radius 2 is 1.46 bits per heavy atom. The van der Waals surface area contributed by atoms with E-state index in [9.17, 15) is 0 Å². The summed E-state index contributed by atoms with van der Waals surface area (Å²) in [4.78, 5) is 0. The third-order valence-electron chi connectivity index (χ3n) is 8.27. The van der Waals surface area contributed by atoms with Crippen LogP contribution < -0.4 is 0 Å². The predicted molar refractivity (Wildman–Crippen MR) is 151 cm³/mol. The van der Waals surface area contributed by atoms with Gasteiger partial charge in [-0.2, -0.15) is 0 Å². The van der Waals surface area contributed by atoms with E-state index in [0.717, 1.165) is 12.0 Å². The Morgan fingerprint density at radius 3 is 2.08 bits per heavy atom. The molecule has 3 aliphatic heterocycles. The molecule has 0 aliphatic carbocycles. The van der Waals surface area contributed by atoms with E-state index in [1.807, 2.05) is 18.2 Å². The van der Waals surface area contributed by atoms with Crippen LogP contribution in [0.4, 0.5) is 0 Å². The number of hydrogen-bond donors (Lipinski definition) is 0. The van der Waals surface area contributed by atoms with E-state index in [1.54, 1.807) is 0 Å². The van der Waals surface area contributed by atoms with Gasteiger partial charge in [-0.1, -0.05) is 97.9 Å². The molecule has 0 radical (unpaired) electrons. The van der Waals surface area contributed by atoms with Crippen molar-refractivity contribution >= 4 is 17.1 Å². The molecule has 8 heteroatoms. The molecule has 5 atom stereocenters. The third kappa shape index (κ3) is 5.87. The number of benzene rings is 1. The van der Waals surface area contributed by atoms with Gasteiger partial charge in [-0.25, -0.2) is 0 Å². The van der Waals surface area contributed by atoms with Gasteiger partial charge in [0, 0.05) is 0 Å². The fraction of sp³-hybridized carbons (Fsp3) is 0.724. The lowest BCUT2D eigenvalue weighted by Crippen LogP contribution is -2.70. The lowest BCUT2D eigenvalue weighted by atomic mass is 9.93. The molecule has 37 heavy (non-hydrogen) atoms. The topological polar surface area (TPSA) is 55.4 Å². The van der Waals surface area contributed by atoms with E-state index in [2.05, 4.69) is 79.7 Å². The molecule has 0 amide bonds. The van der Waals surface area contributed by atoms with Gasteiger partial charge in [0.15, 0.2) is 0 Å². The number of hydrogen-bond acceptors (Lipinski definition) is 6. The summed E-state index contributed by atoms with van der Waals surface area (Å²) < 4.78 is 41.6. The zero-order valence-corrected chi connectivity index (χ0v) is 26.0. The Kier molecular flexibility index (Phi) is 9.55. The SMILES string of the molecule is CC(C)[Si]1(C(C)C)OC[C@H]2O[C@H]3CC=CCO[C@@H]3[C@@H](OCc3ccccc3)[C@@H]2O[Si](C(C)C)(C(C)C)O1. The van der Waals surface area contributed by atoms with Crippen LogP contribution >= 0.6 is 0 Å². The van der Waals surface area contributed by atoms with Gasteiger partial charge in [0.2, 0.25) is 0 Å². The molecule has 3 aliphatic rings. The van der Waals surface area contributed by atoms with Crippen molar-refractivity contribution in [1.29, 1.82) is 0 Å². The minimum Gasteiger partial charge on any atom is -0.414 e. The molecule has 0 unspecified atom stereocenters. The molecule has 0 aromatic heterocycles. The van der Waals surface area contributed by atoms with Gasteiger partial charge in [0.1, 0.15) is 24.4 Å². The molecule has 0 saturated carbocycles. The predicted octanol–water partition coefficient (Wildman–Crippen LogP) is 6.64. The first-order valence-corrected chi connectivity index (χ1v) is 18.1. The smallest absolute Gasteiger partial charge is 0.335 e. The number of rotatable bonds is 7. The summed E-state index contributed by atoms with van der Waals surface area (Å²) >= 11 is 0. The molecule has 1 aromatic carbocycles. The van der Waals surface area contributed by atoms with Crippen LogP contribution in [0.15, 0.2) is 42.5 Å². The summed E-state index contributed by atoms with van der Waals surface area (Å²) in [6, 6.07) is 10.3. The summed E-state index contributed by atoms with van der Waals surface area (Å²) in [5.41, 5.74) is 2.20. The molecular weight excluding hydrogens is 500 g/mol. The molecular formula is C29H48O6Si2. The van der Waals surface area contributed by atoms with E-state index in [-0.39, 0.29) is 41.6 Å². The number of fused-ring (bicyclic) bond motifs is 2. The van der Waals surface area contributed by atoms with Crippen molar-refractivity contribution in [3.63, 3.8) is 0 Å².